The molecule has 0 saturated heterocycles. The van der Waals surface area contributed by atoms with Crippen LogP contribution in [0.5, 0.6) is 0 Å². The third-order valence-electron chi connectivity index (χ3n) is 7.89. The Bertz CT molecular complexity index is 1030. The van der Waals surface area contributed by atoms with Gasteiger partial charge in [0.25, 0.3) is 0 Å². The fraction of sp³-hybridized carbons (Fsp3) is 0.913. The Morgan fingerprint density at radius 2 is 0.519 bits per heavy atom. The second-order valence-electron chi connectivity index (χ2n) is 23.9. The maximum absolute atomic E-state index is 13.1. The highest BCUT2D eigenvalue weighted by Gasteiger charge is 2.41. The van der Waals surface area contributed by atoms with Gasteiger partial charge in [0.05, 0.1) is 50.1 Å². The predicted molar refractivity (Wildman–Crippen MR) is 223 cm³/mol. The van der Waals surface area contributed by atoms with E-state index >= 15 is 0 Å². The van der Waals surface area contributed by atoms with E-state index in [1.807, 2.05) is 83.1 Å². The molecule has 0 spiro atoms. The SMILES string of the molecule is CC(C)(C)COC(=O)C(CC(C)(C)C)C(CC(C)(C)C)C(=O)OCC(C)(C)C.CC(C)CC(C(=O)OCC(C)(C)C)C(CC(C)C)C(=O)OCC(C)(C)C. The highest BCUT2D eigenvalue weighted by molar-refractivity contribution is 5.83. The summed E-state index contributed by atoms with van der Waals surface area (Å²) in [5.41, 5.74) is -0.642. The van der Waals surface area contributed by atoms with E-state index in [0.717, 1.165) is 0 Å². The number of hydrogen-bond acceptors (Lipinski definition) is 8. The molecule has 0 aliphatic carbocycles. The van der Waals surface area contributed by atoms with Crippen LogP contribution in [-0.2, 0) is 38.1 Å². The Labute approximate surface area is 333 Å². The third kappa shape index (κ3) is 29.2. The highest BCUT2D eigenvalue weighted by atomic mass is 16.5. The first kappa shape index (κ1) is 54.0. The van der Waals surface area contributed by atoms with Gasteiger partial charge in [0.2, 0.25) is 0 Å². The molecule has 0 amide bonds. The van der Waals surface area contributed by atoms with Gasteiger partial charge < -0.3 is 18.9 Å². The van der Waals surface area contributed by atoms with Crippen molar-refractivity contribution in [3.63, 3.8) is 0 Å². The van der Waals surface area contributed by atoms with Crippen LogP contribution in [0.15, 0.2) is 0 Å². The lowest BCUT2D eigenvalue weighted by Crippen LogP contribution is -2.39. The van der Waals surface area contributed by atoms with Gasteiger partial charge in [-0.05, 0) is 70.0 Å². The van der Waals surface area contributed by atoms with Crippen molar-refractivity contribution in [2.24, 2.45) is 68.0 Å². The minimum absolute atomic E-state index is 0.0989. The van der Waals surface area contributed by atoms with E-state index < -0.39 is 23.7 Å². The molecule has 0 rings (SSSR count). The quantitative estimate of drug-likeness (QED) is 0.113. The molecule has 0 aromatic rings. The Balaban J connectivity index is 0. The molecule has 0 radical (unpaired) electrons. The van der Waals surface area contributed by atoms with Crippen LogP contribution < -0.4 is 0 Å². The minimum Gasteiger partial charge on any atom is -0.465 e. The number of ether oxygens (including phenoxy) is 4. The fourth-order valence-electron chi connectivity index (χ4n) is 5.54. The Hall–Kier alpha value is -2.12. The zero-order chi connectivity index (χ0) is 43.3. The van der Waals surface area contributed by atoms with Gasteiger partial charge in [-0.3, -0.25) is 19.2 Å². The summed E-state index contributed by atoms with van der Waals surface area (Å²) in [5, 5.41) is 0. The standard InChI is InChI=1S/C24H46O4.C22H42O4/c1-21(2,3)13-17(19(25)27-15-23(7,8)9)18(14-22(4,5)6)20(26)28-16-24(10,11)12;1-15(2)11-17(19(23)25-13-21(5,6)7)18(12-16(3)4)20(24)26-14-22(8,9)10/h17-18H,13-16H2,1-12H3;15-18H,11-14H2,1-10H3. The Kier molecular flexibility index (Phi) is 22.0. The average molecular weight is 769 g/mol. The largest absolute Gasteiger partial charge is 0.465 e. The molecule has 54 heavy (non-hydrogen) atoms. The summed E-state index contributed by atoms with van der Waals surface area (Å²) in [5.74, 6) is -2.43. The Morgan fingerprint density at radius 3 is 0.667 bits per heavy atom. The number of carbonyl (C=O) groups excluding carboxylic acids is 4. The first-order valence-electron chi connectivity index (χ1n) is 20.5. The van der Waals surface area contributed by atoms with Crippen molar-refractivity contribution in [2.45, 2.75) is 178 Å². The van der Waals surface area contributed by atoms with Gasteiger partial charge in [0, 0.05) is 0 Å². The molecule has 0 heterocycles. The number of esters is 4. The van der Waals surface area contributed by atoms with E-state index in [-0.39, 0.29) is 56.4 Å². The smallest absolute Gasteiger partial charge is 0.309 e. The Morgan fingerprint density at radius 1 is 0.333 bits per heavy atom. The molecule has 0 aliphatic rings. The van der Waals surface area contributed by atoms with Crippen LogP contribution in [0.3, 0.4) is 0 Å². The number of carbonyl (C=O) groups is 4. The lowest BCUT2D eigenvalue weighted by molar-refractivity contribution is -0.166. The van der Waals surface area contributed by atoms with Crippen LogP contribution in [0, 0.1) is 68.0 Å². The van der Waals surface area contributed by atoms with Crippen LogP contribution in [0.25, 0.3) is 0 Å². The molecule has 4 unspecified atom stereocenters. The van der Waals surface area contributed by atoms with Crippen LogP contribution in [0.1, 0.15) is 178 Å². The lowest BCUT2D eigenvalue weighted by Gasteiger charge is -2.34. The van der Waals surface area contributed by atoms with Crippen LogP contribution in [-0.4, -0.2) is 50.3 Å². The average Bonchev–Trinajstić information content (AvgIpc) is 2.93. The maximum Gasteiger partial charge on any atom is 0.309 e. The molecule has 0 bridgehead atoms. The lowest BCUT2D eigenvalue weighted by atomic mass is 9.73. The molecular formula is C46H88O8. The molecule has 4 atom stereocenters. The van der Waals surface area contributed by atoms with E-state index in [4.69, 9.17) is 18.9 Å². The summed E-state index contributed by atoms with van der Waals surface area (Å²) in [6, 6.07) is 0. The van der Waals surface area contributed by atoms with E-state index in [1.54, 1.807) is 0 Å². The topological polar surface area (TPSA) is 105 Å². The van der Waals surface area contributed by atoms with Gasteiger partial charge >= 0.3 is 23.9 Å². The molecule has 0 saturated carbocycles. The molecule has 8 nitrogen and oxygen atoms in total. The first-order chi connectivity index (χ1) is 23.8. The van der Waals surface area contributed by atoms with Crippen molar-refractivity contribution in [1.82, 2.24) is 0 Å². The van der Waals surface area contributed by atoms with Crippen molar-refractivity contribution in [3.05, 3.63) is 0 Å². The van der Waals surface area contributed by atoms with Crippen molar-refractivity contribution in [3.8, 4) is 0 Å². The van der Waals surface area contributed by atoms with Gasteiger partial charge in [0.1, 0.15) is 0 Å². The van der Waals surface area contributed by atoms with Crippen molar-refractivity contribution < 1.29 is 38.1 Å². The highest BCUT2D eigenvalue weighted by Crippen LogP contribution is 2.38. The van der Waals surface area contributed by atoms with Gasteiger partial charge in [0.15, 0.2) is 0 Å². The number of hydrogen-bond donors (Lipinski definition) is 0. The van der Waals surface area contributed by atoms with Crippen LogP contribution in [0.2, 0.25) is 0 Å². The fourth-order valence-corrected chi connectivity index (χ4v) is 5.54. The van der Waals surface area contributed by atoms with E-state index in [1.165, 1.54) is 0 Å². The van der Waals surface area contributed by atoms with Crippen molar-refractivity contribution >= 4 is 23.9 Å². The predicted octanol–water partition coefficient (Wildman–Crippen LogP) is 11.8. The molecular weight excluding hydrogens is 680 g/mol. The van der Waals surface area contributed by atoms with E-state index in [0.29, 0.717) is 63.9 Å². The monoisotopic (exact) mass is 769 g/mol. The molecule has 0 N–H and O–H groups in total. The minimum atomic E-state index is -0.506. The maximum atomic E-state index is 13.1. The molecule has 8 heteroatoms. The molecule has 0 aromatic carbocycles. The summed E-state index contributed by atoms with van der Waals surface area (Å²) >= 11 is 0. The second kappa shape index (κ2) is 22.0. The van der Waals surface area contributed by atoms with Gasteiger partial charge in [-0.2, -0.15) is 0 Å². The summed E-state index contributed by atoms with van der Waals surface area (Å²) in [4.78, 5) is 51.8. The van der Waals surface area contributed by atoms with Crippen LogP contribution >= 0.6 is 0 Å². The summed E-state index contributed by atoms with van der Waals surface area (Å²) < 4.78 is 22.5. The molecule has 0 fully saturated rings. The van der Waals surface area contributed by atoms with E-state index in [2.05, 4.69) is 69.2 Å². The van der Waals surface area contributed by atoms with Gasteiger partial charge in [-0.1, -0.05) is 152 Å². The molecule has 320 valence electrons. The third-order valence-corrected chi connectivity index (χ3v) is 7.89. The summed E-state index contributed by atoms with van der Waals surface area (Å²) in [6.07, 6.45) is 2.43. The molecule has 0 aliphatic heterocycles. The molecule has 0 aromatic heterocycles. The van der Waals surface area contributed by atoms with E-state index in [9.17, 15) is 19.2 Å². The van der Waals surface area contributed by atoms with Gasteiger partial charge in [-0.25, -0.2) is 0 Å². The number of rotatable bonds is 16. The van der Waals surface area contributed by atoms with Gasteiger partial charge in [-0.15, -0.1) is 0 Å². The van der Waals surface area contributed by atoms with Crippen molar-refractivity contribution in [1.29, 1.82) is 0 Å². The zero-order valence-electron chi connectivity index (χ0n) is 39.4. The van der Waals surface area contributed by atoms with Crippen molar-refractivity contribution in [2.75, 3.05) is 26.4 Å². The normalized spacial score (nSPS) is 15.4. The summed E-state index contributed by atoms with van der Waals surface area (Å²) in [6.45, 7) is 46.5. The summed E-state index contributed by atoms with van der Waals surface area (Å²) in [7, 11) is 0. The zero-order valence-corrected chi connectivity index (χ0v) is 39.4. The first-order valence-corrected chi connectivity index (χ1v) is 20.5. The second-order valence-corrected chi connectivity index (χ2v) is 23.9. The van der Waals surface area contributed by atoms with Crippen LogP contribution in [0.4, 0.5) is 0 Å².